The van der Waals surface area contributed by atoms with Crippen molar-refractivity contribution in [2.24, 2.45) is 0 Å². The predicted octanol–water partition coefficient (Wildman–Crippen LogP) is 2.52. The second-order valence-corrected chi connectivity index (χ2v) is 5.20. The molecule has 0 radical (unpaired) electrons. The van der Waals surface area contributed by atoms with Crippen molar-refractivity contribution >= 4 is 18.9 Å². The lowest BCUT2D eigenvalue weighted by atomic mass is 10.2. The minimum absolute atomic E-state index is 0.0254. The third kappa shape index (κ3) is 3.19. The summed E-state index contributed by atoms with van der Waals surface area (Å²) in [4.78, 5) is 10.7. The van der Waals surface area contributed by atoms with E-state index in [0.29, 0.717) is 17.1 Å². The minimum Gasteiger partial charge on any atom is -0.464 e. The third-order valence-electron chi connectivity index (χ3n) is 3.15. The van der Waals surface area contributed by atoms with E-state index in [0.717, 1.165) is 4.31 Å². The second kappa shape index (κ2) is 6.13. The molecule has 7 nitrogen and oxygen atoms in total. The summed E-state index contributed by atoms with van der Waals surface area (Å²) < 4.78 is 18.1. The number of nitrogens with zero attached hydrogens (tertiary/aromatic N) is 5. The fourth-order valence-corrected chi connectivity index (χ4v) is 2.21. The fourth-order valence-electron chi connectivity index (χ4n) is 2.06. The van der Waals surface area contributed by atoms with E-state index in [9.17, 15) is 9.18 Å². The van der Waals surface area contributed by atoms with Crippen LogP contribution in [-0.2, 0) is 6.54 Å². The van der Waals surface area contributed by atoms with Gasteiger partial charge in [0, 0.05) is 18.5 Å². The quantitative estimate of drug-likeness (QED) is 0.719. The number of hydrogen-bond acceptors (Lipinski definition) is 4. The zero-order chi connectivity index (χ0) is 16.4. The summed E-state index contributed by atoms with van der Waals surface area (Å²) in [5.41, 5.74) is 1.31. The zero-order valence-corrected chi connectivity index (χ0v) is 12.6. The van der Waals surface area contributed by atoms with Gasteiger partial charge in [-0.05, 0) is 24.3 Å². The largest absolute Gasteiger partial charge is 0.464 e. The Labute approximate surface area is 136 Å². The summed E-state index contributed by atoms with van der Waals surface area (Å²) in [6.45, 7) is -0.0254. The Morgan fingerprint density at radius 3 is 2.74 bits per heavy atom. The number of halogens is 1. The van der Waals surface area contributed by atoms with Gasteiger partial charge >= 0.3 is 6.09 Å². The summed E-state index contributed by atoms with van der Waals surface area (Å²) in [5.74, 6) is -0.405. The summed E-state index contributed by atoms with van der Waals surface area (Å²) in [7, 11) is 0. The molecule has 9 heteroatoms. The van der Waals surface area contributed by atoms with E-state index < -0.39 is 11.9 Å². The van der Waals surface area contributed by atoms with Crippen molar-refractivity contribution in [1.82, 2.24) is 23.9 Å². The molecular formula is C14H12FN5O2S. The van der Waals surface area contributed by atoms with Gasteiger partial charge in [0.1, 0.15) is 11.5 Å². The molecule has 118 valence electrons. The molecule has 0 saturated heterocycles. The summed E-state index contributed by atoms with van der Waals surface area (Å²) in [5, 5.41) is 16.5. The maximum Gasteiger partial charge on any atom is 0.417 e. The molecule has 0 unspecified atom stereocenters. The first-order chi connectivity index (χ1) is 11.0. The molecule has 3 rings (SSSR count). The lowest BCUT2D eigenvalue weighted by Crippen LogP contribution is -2.18. The van der Waals surface area contributed by atoms with Gasteiger partial charge in [-0.25, -0.2) is 18.2 Å². The lowest BCUT2D eigenvalue weighted by molar-refractivity contribution is 0.174. The highest BCUT2D eigenvalue weighted by atomic mass is 32.1. The van der Waals surface area contributed by atoms with Crippen LogP contribution in [-0.4, -0.2) is 35.1 Å². The number of rotatable bonds is 4. The highest BCUT2D eigenvalue weighted by molar-refractivity contribution is 7.78. The maximum atomic E-state index is 14.2. The van der Waals surface area contributed by atoms with E-state index in [1.165, 1.54) is 16.9 Å². The summed E-state index contributed by atoms with van der Waals surface area (Å²) in [6, 6.07) is 8.29. The van der Waals surface area contributed by atoms with E-state index in [-0.39, 0.29) is 6.54 Å². The van der Waals surface area contributed by atoms with E-state index >= 15 is 0 Å². The van der Waals surface area contributed by atoms with Gasteiger partial charge in [0.2, 0.25) is 0 Å². The average molecular weight is 333 g/mol. The van der Waals surface area contributed by atoms with Crippen molar-refractivity contribution in [3.05, 3.63) is 60.4 Å². The van der Waals surface area contributed by atoms with Crippen LogP contribution in [0.3, 0.4) is 0 Å². The van der Waals surface area contributed by atoms with Gasteiger partial charge in [-0.3, -0.25) is 0 Å². The Hall–Kier alpha value is -2.81. The van der Waals surface area contributed by atoms with Crippen molar-refractivity contribution in [3.63, 3.8) is 0 Å². The molecule has 0 saturated carbocycles. The van der Waals surface area contributed by atoms with Gasteiger partial charge in [-0.15, -0.1) is 5.10 Å². The number of carboxylic acid groups (broad SMARTS) is 1. The average Bonchev–Trinajstić information content (AvgIpc) is 3.18. The van der Waals surface area contributed by atoms with Crippen LogP contribution in [0.5, 0.6) is 0 Å². The summed E-state index contributed by atoms with van der Waals surface area (Å²) in [6.07, 6.45) is 3.83. The SMILES string of the molecule is O=C(O)N(S)Cc1cn(-c2ccc(-n3cccc3)c(F)c2)nn1. The molecule has 1 aromatic carbocycles. The molecule has 2 heterocycles. The van der Waals surface area contributed by atoms with Gasteiger partial charge in [0.15, 0.2) is 0 Å². The third-order valence-corrected chi connectivity index (χ3v) is 3.46. The summed E-state index contributed by atoms with van der Waals surface area (Å²) >= 11 is 3.79. The lowest BCUT2D eigenvalue weighted by Gasteiger charge is -2.08. The number of benzene rings is 1. The number of amides is 1. The first kappa shape index (κ1) is 15.1. The van der Waals surface area contributed by atoms with Gasteiger partial charge < -0.3 is 9.67 Å². The van der Waals surface area contributed by atoms with Crippen LogP contribution in [0.1, 0.15) is 5.69 Å². The molecule has 2 aromatic heterocycles. The molecule has 3 aromatic rings. The van der Waals surface area contributed by atoms with Gasteiger partial charge in [0.05, 0.1) is 24.1 Å². The number of hydrogen-bond donors (Lipinski definition) is 2. The molecule has 0 aliphatic rings. The van der Waals surface area contributed by atoms with Crippen LogP contribution < -0.4 is 0 Å². The maximum absolute atomic E-state index is 14.2. The van der Waals surface area contributed by atoms with Crippen LogP contribution in [0.15, 0.2) is 48.9 Å². The Morgan fingerprint density at radius 1 is 1.35 bits per heavy atom. The molecular weight excluding hydrogens is 321 g/mol. The molecule has 23 heavy (non-hydrogen) atoms. The smallest absolute Gasteiger partial charge is 0.417 e. The number of carbonyl (C=O) groups is 1. The van der Waals surface area contributed by atoms with Crippen molar-refractivity contribution < 1.29 is 14.3 Å². The fraction of sp³-hybridized carbons (Fsp3) is 0.0714. The minimum atomic E-state index is -1.19. The van der Waals surface area contributed by atoms with Crippen LogP contribution in [0.25, 0.3) is 11.4 Å². The molecule has 0 aliphatic heterocycles. The normalized spacial score (nSPS) is 10.7. The zero-order valence-electron chi connectivity index (χ0n) is 11.7. The van der Waals surface area contributed by atoms with Crippen LogP contribution >= 0.6 is 12.8 Å². The highest BCUT2D eigenvalue weighted by Crippen LogP contribution is 2.18. The first-order valence-corrected chi connectivity index (χ1v) is 6.98. The molecule has 0 bridgehead atoms. The van der Waals surface area contributed by atoms with E-state index in [1.807, 2.05) is 12.1 Å². The van der Waals surface area contributed by atoms with Gasteiger partial charge in [-0.2, -0.15) is 0 Å². The van der Waals surface area contributed by atoms with Crippen molar-refractivity contribution in [3.8, 4) is 11.4 Å². The van der Waals surface area contributed by atoms with Crippen molar-refractivity contribution in [2.45, 2.75) is 6.54 Å². The van der Waals surface area contributed by atoms with E-state index in [2.05, 4.69) is 23.1 Å². The van der Waals surface area contributed by atoms with Crippen molar-refractivity contribution in [2.75, 3.05) is 0 Å². The molecule has 1 N–H and O–H groups in total. The Kier molecular flexibility index (Phi) is 4.02. The molecule has 0 aliphatic carbocycles. The number of aromatic nitrogens is 4. The molecule has 0 fully saturated rings. The van der Waals surface area contributed by atoms with Crippen molar-refractivity contribution in [1.29, 1.82) is 0 Å². The monoisotopic (exact) mass is 333 g/mol. The molecule has 0 atom stereocenters. The Bertz CT molecular complexity index is 834. The highest BCUT2D eigenvalue weighted by Gasteiger charge is 2.12. The number of thiol groups is 1. The van der Waals surface area contributed by atoms with Gasteiger partial charge in [-0.1, -0.05) is 18.0 Å². The molecule has 1 amide bonds. The topological polar surface area (TPSA) is 76.2 Å². The van der Waals surface area contributed by atoms with Gasteiger partial charge in [0.25, 0.3) is 0 Å². The Balaban J connectivity index is 1.84. The predicted molar refractivity (Wildman–Crippen MR) is 83.2 cm³/mol. The first-order valence-electron chi connectivity index (χ1n) is 6.58. The van der Waals surface area contributed by atoms with Crippen LogP contribution in [0.2, 0.25) is 0 Å². The second-order valence-electron chi connectivity index (χ2n) is 4.72. The van der Waals surface area contributed by atoms with Crippen LogP contribution in [0, 0.1) is 5.82 Å². The Morgan fingerprint density at radius 2 is 2.09 bits per heavy atom. The van der Waals surface area contributed by atoms with Crippen LogP contribution in [0.4, 0.5) is 9.18 Å². The molecule has 0 spiro atoms. The van der Waals surface area contributed by atoms with E-state index in [4.69, 9.17) is 5.11 Å². The standard InChI is InChI=1S/C14H12FN5O2S/c15-12-7-11(3-4-13(12)18-5-1-2-6-18)19-8-10(16-17-19)9-20(23)14(21)22/h1-8,23H,9H2,(H,21,22). The van der Waals surface area contributed by atoms with E-state index in [1.54, 1.807) is 29.1 Å².